The van der Waals surface area contributed by atoms with E-state index in [4.69, 9.17) is 4.74 Å². The van der Waals surface area contributed by atoms with Crippen molar-refractivity contribution in [1.82, 2.24) is 30.2 Å². The van der Waals surface area contributed by atoms with Crippen molar-refractivity contribution in [2.75, 3.05) is 42.3 Å². The fraction of sp³-hybridized carbons (Fsp3) is 0.500. The Labute approximate surface area is 136 Å². The minimum Gasteiger partial charge on any atom is -0.378 e. The van der Waals surface area contributed by atoms with Crippen LogP contribution in [0.1, 0.15) is 0 Å². The standard InChI is InChI=1S/C12H16N8O2S/c1-19-12(16-17-18-19)23-7-11(21)15-9-6-10(14-8-13-9)20-2-4-22-5-3-20/h6,8H,2-5,7H2,1H3,(H,13,14,15,21). The number of nitrogens with one attached hydrogen (secondary N) is 1. The Morgan fingerprint density at radius 2 is 2.22 bits per heavy atom. The Hall–Kier alpha value is -2.27. The second-order valence-electron chi connectivity index (χ2n) is 4.78. The summed E-state index contributed by atoms with van der Waals surface area (Å²) < 4.78 is 6.83. The van der Waals surface area contributed by atoms with E-state index in [9.17, 15) is 4.79 Å². The normalized spacial score (nSPS) is 14.7. The number of morpholine rings is 1. The molecule has 2 aromatic rings. The molecule has 1 N–H and O–H groups in total. The zero-order chi connectivity index (χ0) is 16.1. The van der Waals surface area contributed by atoms with Gasteiger partial charge in [0.2, 0.25) is 11.1 Å². The molecule has 2 aromatic heterocycles. The fourth-order valence-corrected chi connectivity index (χ4v) is 2.68. The van der Waals surface area contributed by atoms with E-state index in [1.165, 1.54) is 22.8 Å². The first kappa shape index (κ1) is 15.6. The van der Waals surface area contributed by atoms with Gasteiger partial charge in [-0.15, -0.1) is 5.10 Å². The van der Waals surface area contributed by atoms with Crippen LogP contribution in [-0.4, -0.2) is 68.1 Å². The van der Waals surface area contributed by atoms with E-state index in [1.807, 2.05) is 0 Å². The van der Waals surface area contributed by atoms with Crippen molar-refractivity contribution in [3.05, 3.63) is 12.4 Å². The van der Waals surface area contributed by atoms with Gasteiger partial charge in [0.25, 0.3) is 0 Å². The molecule has 1 amide bonds. The minimum absolute atomic E-state index is 0.176. The molecule has 23 heavy (non-hydrogen) atoms. The van der Waals surface area contributed by atoms with E-state index in [2.05, 4.69) is 35.7 Å². The van der Waals surface area contributed by atoms with Gasteiger partial charge in [-0.2, -0.15) is 0 Å². The molecule has 122 valence electrons. The number of hydrogen-bond donors (Lipinski definition) is 1. The van der Waals surface area contributed by atoms with Crippen molar-refractivity contribution in [3.63, 3.8) is 0 Å². The van der Waals surface area contributed by atoms with Crippen LogP contribution in [0, 0.1) is 0 Å². The number of aryl methyl sites for hydroxylation is 1. The van der Waals surface area contributed by atoms with Crippen LogP contribution >= 0.6 is 11.8 Å². The summed E-state index contributed by atoms with van der Waals surface area (Å²) >= 11 is 1.26. The van der Waals surface area contributed by atoms with Gasteiger partial charge in [0.05, 0.1) is 19.0 Å². The number of carbonyl (C=O) groups is 1. The molecule has 1 fully saturated rings. The van der Waals surface area contributed by atoms with Crippen molar-refractivity contribution in [3.8, 4) is 0 Å². The maximum absolute atomic E-state index is 12.0. The largest absolute Gasteiger partial charge is 0.378 e. The van der Waals surface area contributed by atoms with Gasteiger partial charge in [0.1, 0.15) is 18.0 Å². The molecule has 0 unspecified atom stereocenters. The number of aromatic nitrogens is 6. The molecule has 3 rings (SSSR count). The molecular weight excluding hydrogens is 320 g/mol. The van der Waals surface area contributed by atoms with E-state index < -0.39 is 0 Å². The highest BCUT2D eigenvalue weighted by molar-refractivity contribution is 7.99. The first-order valence-corrected chi connectivity index (χ1v) is 8.00. The van der Waals surface area contributed by atoms with Gasteiger partial charge in [-0.05, 0) is 10.4 Å². The summed E-state index contributed by atoms with van der Waals surface area (Å²) in [7, 11) is 1.72. The van der Waals surface area contributed by atoms with Crippen LogP contribution in [0.15, 0.2) is 17.6 Å². The molecule has 3 heterocycles. The van der Waals surface area contributed by atoms with Crippen LogP contribution in [0.3, 0.4) is 0 Å². The number of tetrazole rings is 1. The van der Waals surface area contributed by atoms with Crippen molar-refractivity contribution in [1.29, 1.82) is 0 Å². The van der Waals surface area contributed by atoms with Gasteiger partial charge < -0.3 is 15.0 Å². The molecule has 1 aliphatic heterocycles. The number of hydrogen-bond acceptors (Lipinski definition) is 9. The zero-order valence-corrected chi connectivity index (χ0v) is 13.4. The lowest BCUT2D eigenvalue weighted by molar-refractivity contribution is -0.113. The highest BCUT2D eigenvalue weighted by Crippen LogP contribution is 2.16. The number of rotatable bonds is 5. The number of carbonyl (C=O) groups excluding carboxylic acids is 1. The molecule has 11 heteroatoms. The third-order valence-corrected chi connectivity index (χ3v) is 4.18. The lowest BCUT2D eigenvalue weighted by atomic mass is 10.4. The van der Waals surface area contributed by atoms with Gasteiger partial charge in [-0.1, -0.05) is 11.8 Å². The molecular formula is C12H16N8O2S. The summed E-state index contributed by atoms with van der Waals surface area (Å²) in [6.07, 6.45) is 1.44. The summed E-state index contributed by atoms with van der Waals surface area (Å²) in [5, 5.41) is 14.4. The van der Waals surface area contributed by atoms with Crippen LogP contribution < -0.4 is 10.2 Å². The minimum atomic E-state index is -0.176. The summed E-state index contributed by atoms with van der Waals surface area (Å²) in [5.74, 6) is 1.28. The van der Waals surface area contributed by atoms with Crippen molar-refractivity contribution in [2.24, 2.45) is 7.05 Å². The van der Waals surface area contributed by atoms with Gasteiger partial charge >= 0.3 is 0 Å². The SMILES string of the molecule is Cn1nnnc1SCC(=O)Nc1cc(N2CCOCC2)ncn1. The molecule has 0 aromatic carbocycles. The van der Waals surface area contributed by atoms with E-state index >= 15 is 0 Å². The average molecular weight is 336 g/mol. The van der Waals surface area contributed by atoms with Crippen LogP contribution in [0.5, 0.6) is 0 Å². The predicted octanol–water partition coefficient (Wildman–Crippen LogP) is -0.433. The van der Waals surface area contributed by atoms with E-state index in [-0.39, 0.29) is 11.7 Å². The topological polar surface area (TPSA) is 111 Å². The maximum atomic E-state index is 12.0. The summed E-state index contributed by atoms with van der Waals surface area (Å²) in [6, 6.07) is 1.76. The Balaban J connectivity index is 1.56. The molecule has 0 aliphatic carbocycles. The molecule has 1 aliphatic rings. The number of ether oxygens (including phenoxy) is 1. The lowest BCUT2D eigenvalue weighted by Gasteiger charge is -2.27. The van der Waals surface area contributed by atoms with E-state index in [0.29, 0.717) is 24.2 Å². The predicted molar refractivity (Wildman–Crippen MR) is 83.2 cm³/mol. The van der Waals surface area contributed by atoms with Gasteiger partial charge in [0.15, 0.2) is 0 Å². The second kappa shape index (κ2) is 7.33. The maximum Gasteiger partial charge on any atom is 0.236 e. The van der Waals surface area contributed by atoms with Gasteiger partial charge in [-0.25, -0.2) is 14.6 Å². The molecule has 0 bridgehead atoms. The zero-order valence-electron chi connectivity index (χ0n) is 12.5. The van der Waals surface area contributed by atoms with Crippen LogP contribution in [0.2, 0.25) is 0 Å². The first-order chi connectivity index (χ1) is 11.2. The highest BCUT2D eigenvalue weighted by Gasteiger charge is 2.14. The Morgan fingerprint density at radius 1 is 1.39 bits per heavy atom. The van der Waals surface area contributed by atoms with Crippen LogP contribution in [0.25, 0.3) is 0 Å². The summed E-state index contributed by atoms with van der Waals surface area (Å²) in [4.78, 5) is 22.4. The summed E-state index contributed by atoms with van der Waals surface area (Å²) in [6.45, 7) is 2.90. The average Bonchev–Trinajstić information content (AvgIpc) is 2.99. The smallest absolute Gasteiger partial charge is 0.236 e. The fourth-order valence-electron chi connectivity index (χ4n) is 2.03. The summed E-state index contributed by atoms with van der Waals surface area (Å²) in [5.41, 5.74) is 0. The third kappa shape index (κ3) is 4.13. The van der Waals surface area contributed by atoms with Crippen molar-refractivity contribution >= 4 is 29.3 Å². The number of nitrogens with zero attached hydrogens (tertiary/aromatic N) is 7. The quantitative estimate of drug-likeness (QED) is 0.727. The monoisotopic (exact) mass is 336 g/mol. The Bertz CT molecular complexity index is 673. The molecule has 0 spiro atoms. The number of thioether (sulfide) groups is 1. The van der Waals surface area contributed by atoms with E-state index in [0.717, 1.165) is 18.9 Å². The number of anilines is 2. The van der Waals surface area contributed by atoms with Crippen molar-refractivity contribution < 1.29 is 9.53 Å². The Kier molecular flexibility index (Phi) is 4.98. The highest BCUT2D eigenvalue weighted by atomic mass is 32.2. The number of amides is 1. The van der Waals surface area contributed by atoms with Crippen LogP contribution in [-0.2, 0) is 16.6 Å². The Morgan fingerprint density at radius 3 is 2.96 bits per heavy atom. The van der Waals surface area contributed by atoms with Gasteiger partial charge in [-0.3, -0.25) is 4.79 Å². The molecule has 0 radical (unpaired) electrons. The molecule has 0 saturated carbocycles. The molecule has 10 nitrogen and oxygen atoms in total. The van der Waals surface area contributed by atoms with Gasteiger partial charge in [0, 0.05) is 26.2 Å². The molecule has 0 atom stereocenters. The lowest BCUT2D eigenvalue weighted by Crippen LogP contribution is -2.36. The van der Waals surface area contributed by atoms with Crippen LogP contribution in [0.4, 0.5) is 11.6 Å². The second-order valence-corrected chi connectivity index (χ2v) is 5.73. The third-order valence-electron chi connectivity index (χ3n) is 3.17. The van der Waals surface area contributed by atoms with E-state index in [1.54, 1.807) is 13.1 Å². The first-order valence-electron chi connectivity index (χ1n) is 7.02. The van der Waals surface area contributed by atoms with Crippen molar-refractivity contribution in [2.45, 2.75) is 5.16 Å². The molecule has 1 saturated heterocycles.